The molecule has 4 aromatic rings. The third-order valence-electron chi connectivity index (χ3n) is 4.60. The molecule has 0 saturated heterocycles. The van der Waals surface area contributed by atoms with Gasteiger partial charge >= 0.3 is 6.18 Å². The summed E-state index contributed by atoms with van der Waals surface area (Å²) in [6, 6.07) is 13.9. The predicted molar refractivity (Wildman–Crippen MR) is 113 cm³/mol. The molecule has 0 spiro atoms. The number of alkyl halides is 3. The molecule has 9 nitrogen and oxygen atoms in total. The van der Waals surface area contributed by atoms with Crippen LogP contribution in [0.5, 0.6) is 11.6 Å². The molecule has 0 atom stereocenters. The SMILES string of the molecule is O=C(NNC(=O)c1n[nH]c(=O)c2ccccc12)c1ccc(Oc2ccc(C(F)(F)F)cn2)cc1. The number of rotatable bonds is 4. The van der Waals surface area contributed by atoms with Crippen LogP contribution in [0.1, 0.15) is 26.4 Å². The average Bonchev–Trinajstić information content (AvgIpc) is 2.83. The minimum absolute atomic E-state index is 0.0573. The summed E-state index contributed by atoms with van der Waals surface area (Å²) >= 11 is 0. The van der Waals surface area contributed by atoms with Gasteiger partial charge in [-0.3, -0.25) is 25.2 Å². The largest absolute Gasteiger partial charge is 0.439 e. The Bertz CT molecular complexity index is 1420. The first-order chi connectivity index (χ1) is 16.2. The zero-order valence-electron chi connectivity index (χ0n) is 17.0. The van der Waals surface area contributed by atoms with Crippen LogP contribution in [0.25, 0.3) is 10.8 Å². The third kappa shape index (κ3) is 4.85. The smallest absolute Gasteiger partial charge is 0.417 e. The van der Waals surface area contributed by atoms with Gasteiger partial charge in [-0.15, -0.1) is 0 Å². The minimum atomic E-state index is -4.50. The summed E-state index contributed by atoms with van der Waals surface area (Å²) in [7, 11) is 0. The van der Waals surface area contributed by atoms with Gasteiger partial charge in [0.05, 0.1) is 10.9 Å². The maximum absolute atomic E-state index is 12.6. The Kier molecular flexibility index (Phi) is 5.95. The number of pyridine rings is 1. The van der Waals surface area contributed by atoms with Crippen LogP contribution in [0.15, 0.2) is 71.7 Å². The molecule has 0 aliphatic heterocycles. The van der Waals surface area contributed by atoms with Crippen LogP contribution in [-0.2, 0) is 6.18 Å². The molecule has 0 unspecified atom stereocenters. The average molecular weight is 469 g/mol. The number of hydrogen-bond donors (Lipinski definition) is 3. The number of carbonyl (C=O) groups excluding carboxylic acids is 2. The van der Waals surface area contributed by atoms with Gasteiger partial charge in [-0.1, -0.05) is 18.2 Å². The first kappa shape index (κ1) is 22.5. The molecule has 0 saturated carbocycles. The summed E-state index contributed by atoms with van der Waals surface area (Å²) < 4.78 is 43.2. The van der Waals surface area contributed by atoms with Crippen molar-refractivity contribution in [3.63, 3.8) is 0 Å². The van der Waals surface area contributed by atoms with E-state index in [4.69, 9.17) is 4.74 Å². The van der Waals surface area contributed by atoms with Crippen molar-refractivity contribution in [3.05, 3.63) is 94.0 Å². The molecule has 2 amide bonds. The number of hydrazine groups is 1. The van der Waals surface area contributed by atoms with Crippen LogP contribution >= 0.6 is 0 Å². The topological polar surface area (TPSA) is 126 Å². The van der Waals surface area contributed by atoms with Crippen molar-refractivity contribution in [2.24, 2.45) is 0 Å². The van der Waals surface area contributed by atoms with E-state index in [2.05, 4.69) is 26.0 Å². The Labute approximate surface area is 188 Å². The zero-order chi connectivity index (χ0) is 24.3. The van der Waals surface area contributed by atoms with Crippen LogP contribution in [0.2, 0.25) is 0 Å². The summed E-state index contributed by atoms with van der Waals surface area (Å²) in [5.41, 5.74) is 3.18. The Morgan fingerprint density at radius 1 is 0.882 bits per heavy atom. The number of nitrogens with zero attached hydrogens (tertiary/aromatic N) is 2. The summed E-state index contributed by atoms with van der Waals surface area (Å²) in [6.45, 7) is 0. The van der Waals surface area contributed by atoms with E-state index in [1.165, 1.54) is 30.3 Å². The number of aromatic nitrogens is 3. The lowest BCUT2D eigenvalue weighted by atomic mass is 10.1. The molecule has 2 aromatic carbocycles. The standard InChI is InChI=1S/C22H14F3N5O4/c23-22(24,25)13-7-10-17(26-11-13)34-14-8-5-12(6-9-14)19(31)28-30-21(33)18-15-3-1-2-4-16(15)20(32)29-27-18/h1-11H,(H,28,31)(H,29,32)(H,30,33). The minimum Gasteiger partial charge on any atom is -0.439 e. The molecule has 0 radical (unpaired) electrons. The molecule has 12 heteroatoms. The van der Waals surface area contributed by atoms with Crippen molar-refractivity contribution < 1.29 is 27.5 Å². The Hall–Kier alpha value is -4.74. The number of amides is 2. The first-order valence-electron chi connectivity index (χ1n) is 9.61. The number of aromatic amines is 1. The van der Waals surface area contributed by atoms with E-state index in [0.29, 0.717) is 11.6 Å². The summed E-state index contributed by atoms with van der Waals surface area (Å²) in [6.07, 6.45) is -3.85. The molecule has 3 N–H and O–H groups in total. The molecule has 0 aliphatic rings. The van der Waals surface area contributed by atoms with E-state index in [1.54, 1.807) is 18.2 Å². The highest BCUT2D eigenvalue weighted by Gasteiger charge is 2.30. The van der Waals surface area contributed by atoms with Crippen molar-refractivity contribution >= 4 is 22.6 Å². The molecular weight excluding hydrogens is 455 g/mol. The van der Waals surface area contributed by atoms with E-state index >= 15 is 0 Å². The van der Waals surface area contributed by atoms with Crippen molar-refractivity contribution in [1.82, 2.24) is 26.0 Å². The molecule has 0 fully saturated rings. The van der Waals surface area contributed by atoms with Gasteiger partial charge in [0.25, 0.3) is 17.4 Å². The number of hydrogen-bond acceptors (Lipinski definition) is 6. The quantitative estimate of drug-likeness (QED) is 0.394. The Balaban J connectivity index is 1.38. The highest BCUT2D eigenvalue weighted by molar-refractivity contribution is 6.05. The number of fused-ring (bicyclic) bond motifs is 1. The van der Waals surface area contributed by atoms with Crippen molar-refractivity contribution in [1.29, 1.82) is 0 Å². The van der Waals surface area contributed by atoms with Crippen molar-refractivity contribution in [3.8, 4) is 11.6 Å². The second-order valence-corrected chi connectivity index (χ2v) is 6.86. The van der Waals surface area contributed by atoms with Gasteiger partial charge < -0.3 is 4.74 Å². The monoisotopic (exact) mass is 469 g/mol. The number of halogens is 3. The maximum Gasteiger partial charge on any atom is 0.417 e. The summed E-state index contributed by atoms with van der Waals surface area (Å²) in [5, 5.41) is 6.55. The van der Waals surface area contributed by atoms with E-state index in [9.17, 15) is 27.6 Å². The molecule has 2 aromatic heterocycles. The lowest BCUT2D eigenvalue weighted by molar-refractivity contribution is -0.137. The van der Waals surface area contributed by atoms with Crippen molar-refractivity contribution in [2.45, 2.75) is 6.18 Å². The fourth-order valence-corrected chi connectivity index (χ4v) is 2.94. The normalized spacial score (nSPS) is 11.1. The van der Waals surface area contributed by atoms with Crippen LogP contribution in [0, 0.1) is 0 Å². The number of H-pyrrole nitrogens is 1. The number of benzene rings is 2. The molecule has 0 bridgehead atoms. The van der Waals surface area contributed by atoms with Gasteiger partial charge in [0.1, 0.15) is 5.75 Å². The van der Waals surface area contributed by atoms with E-state index in [1.807, 2.05) is 0 Å². The highest BCUT2D eigenvalue weighted by Crippen LogP contribution is 2.30. The predicted octanol–water partition coefficient (Wildman–Crippen LogP) is 3.20. The van der Waals surface area contributed by atoms with Crippen LogP contribution < -0.4 is 21.1 Å². The zero-order valence-corrected chi connectivity index (χ0v) is 17.0. The van der Waals surface area contributed by atoms with Gasteiger partial charge in [-0.2, -0.15) is 18.3 Å². The fraction of sp³-hybridized carbons (Fsp3) is 0.0455. The van der Waals surface area contributed by atoms with E-state index < -0.39 is 29.1 Å². The number of nitrogens with one attached hydrogen (secondary N) is 3. The second-order valence-electron chi connectivity index (χ2n) is 6.86. The summed E-state index contributed by atoms with van der Waals surface area (Å²) in [5.74, 6) is -1.22. The van der Waals surface area contributed by atoms with Crippen LogP contribution in [0.3, 0.4) is 0 Å². The molecule has 2 heterocycles. The molecule has 34 heavy (non-hydrogen) atoms. The van der Waals surface area contributed by atoms with Gasteiger partial charge in [0.2, 0.25) is 5.88 Å². The molecule has 172 valence electrons. The number of carbonyl (C=O) groups is 2. The molecular formula is C22H14F3N5O4. The maximum atomic E-state index is 12.6. The van der Waals surface area contributed by atoms with Gasteiger partial charge in [0, 0.05) is 23.2 Å². The lowest BCUT2D eigenvalue weighted by Crippen LogP contribution is -2.42. The molecule has 0 aliphatic carbocycles. The van der Waals surface area contributed by atoms with Gasteiger partial charge in [-0.25, -0.2) is 10.1 Å². The van der Waals surface area contributed by atoms with Crippen LogP contribution in [-0.4, -0.2) is 27.0 Å². The summed E-state index contributed by atoms with van der Waals surface area (Å²) in [4.78, 5) is 40.2. The van der Waals surface area contributed by atoms with E-state index in [-0.39, 0.29) is 28.3 Å². The fourth-order valence-electron chi connectivity index (χ4n) is 2.94. The Morgan fingerprint density at radius 2 is 1.56 bits per heavy atom. The highest BCUT2D eigenvalue weighted by atomic mass is 19.4. The van der Waals surface area contributed by atoms with Gasteiger partial charge in [0.15, 0.2) is 5.69 Å². The Morgan fingerprint density at radius 3 is 2.21 bits per heavy atom. The third-order valence-corrected chi connectivity index (χ3v) is 4.60. The van der Waals surface area contributed by atoms with Crippen molar-refractivity contribution in [2.75, 3.05) is 0 Å². The second kappa shape index (κ2) is 9.02. The van der Waals surface area contributed by atoms with Gasteiger partial charge in [-0.05, 0) is 36.4 Å². The van der Waals surface area contributed by atoms with Crippen LogP contribution in [0.4, 0.5) is 13.2 Å². The first-order valence-corrected chi connectivity index (χ1v) is 9.61. The number of ether oxygens (including phenoxy) is 1. The van der Waals surface area contributed by atoms with E-state index in [0.717, 1.165) is 12.1 Å². The lowest BCUT2D eigenvalue weighted by Gasteiger charge is -2.10. The molecule has 4 rings (SSSR count).